The van der Waals surface area contributed by atoms with Crippen LogP contribution < -0.4 is 4.74 Å². The number of ether oxygens (including phenoxy) is 2. The number of hydrogen-bond donors (Lipinski definition) is 1. The molecule has 2 saturated carbocycles. The van der Waals surface area contributed by atoms with Crippen LogP contribution >= 0.6 is 0 Å². The van der Waals surface area contributed by atoms with Crippen molar-refractivity contribution in [3.8, 4) is 17.1 Å². The minimum Gasteiger partial charge on any atom is -0.489 e. The number of aromatic nitrogens is 4. The number of nitrogens with zero attached hydrogens (tertiary/aromatic N) is 5. The van der Waals surface area contributed by atoms with Gasteiger partial charge >= 0.3 is 12.1 Å². The molecule has 1 amide bonds. The van der Waals surface area contributed by atoms with E-state index in [1.165, 1.54) is 6.42 Å². The zero-order chi connectivity index (χ0) is 25.1. The Balaban J connectivity index is 1.39. The molecule has 2 fully saturated rings. The van der Waals surface area contributed by atoms with Crippen molar-refractivity contribution in [3.63, 3.8) is 0 Å². The predicted molar refractivity (Wildman–Crippen MR) is 124 cm³/mol. The van der Waals surface area contributed by atoms with E-state index in [-0.39, 0.29) is 18.8 Å². The summed E-state index contributed by atoms with van der Waals surface area (Å²) < 4.78 is 13.1. The molecule has 4 rings (SSSR count). The second-order valence-corrected chi connectivity index (χ2v) is 9.44. The van der Waals surface area contributed by atoms with Crippen LogP contribution in [0, 0.1) is 18.8 Å². The SMILES string of the molecule is Cc1nc(-c2nnn(C)c2COC(=O)N(C)CC2CCC2)ccc1O[C@H]1CC[C@H](C(=O)C(=O)O)C1. The van der Waals surface area contributed by atoms with E-state index in [1.807, 2.05) is 0 Å². The van der Waals surface area contributed by atoms with Gasteiger partial charge < -0.3 is 19.5 Å². The van der Waals surface area contributed by atoms with Crippen molar-refractivity contribution in [1.82, 2.24) is 24.9 Å². The van der Waals surface area contributed by atoms with Gasteiger partial charge in [-0.3, -0.25) is 4.79 Å². The summed E-state index contributed by atoms with van der Waals surface area (Å²) in [5.74, 6) is -1.54. The standard InChI is InChI=1S/C24H31N5O6/c1-14-20(35-17-8-7-16(11-17)22(30)23(31)32)10-9-18(25-14)21-19(29(3)27-26-21)13-34-24(33)28(2)12-15-5-4-6-15/h9-10,15-17H,4-8,11-13H2,1-3H3,(H,31,32)/t16-,17-/m0/s1. The Morgan fingerprint density at radius 3 is 2.63 bits per heavy atom. The summed E-state index contributed by atoms with van der Waals surface area (Å²) in [5, 5.41) is 17.2. The molecule has 11 heteroatoms. The third-order valence-electron chi connectivity index (χ3n) is 6.88. The van der Waals surface area contributed by atoms with Gasteiger partial charge in [-0.05, 0) is 57.1 Å². The van der Waals surface area contributed by atoms with Gasteiger partial charge in [0.2, 0.25) is 5.78 Å². The lowest BCUT2D eigenvalue weighted by Gasteiger charge is -2.29. The zero-order valence-corrected chi connectivity index (χ0v) is 20.3. The first-order valence-corrected chi connectivity index (χ1v) is 11.9. The van der Waals surface area contributed by atoms with E-state index in [4.69, 9.17) is 14.6 Å². The fourth-order valence-electron chi connectivity index (χ4n) is 4.56. The van der Waals surface area contributed by atoms with Crippen molar-refractivity contribution < 1.29 is 29.0 Å². The molecule has 2 aromatic rings. The van der Waals surface area contributed by atoms with Gasteiger partial charge in [0.15, 0.2) is 0 Å². The van der Waals surface area contributed by atoms with Crippen LogP contribution in [0.4, 0.5) is 4.79 Å². The highest BCUT2D eigenvalue weighted by molar-refractivity contribution is 6.33. The van der Waals surface area contributed by atoms with Gasteiger partial charge in [-0.15, -0.1) is 5.10 Å². The number of amides is 1. The predicted octanol–water partition coefficient (Wildman–Crippen LogP) is 2.76. The van der Waals surface area contributed by atoms with Crippen LogP contribution in [0.15, 0.2) is 12.1 Å². The summed E-state index contributed by atoms with van der Waals surface area (Å²) in [7, 11) is 3.48. The molecular weight excluding hydrogens is 454 g/mol. The highest BCUT2D eigenvalue weighted by Gasteiger charge is 2.34. The van der Waals surface area contributed by atoms with Crippen LogP contribution in [-0.2, 0) is 28.0 Å². The first-order valence-electron chi connectivity index (χ1n) is 11.9. The second kappa shape index (κ2) is 10.4. The van der Waals surface area contributed by atoms with Crippen LogP contribution in [0.5, 0.6) is 5.75 Å². The Kier molecular flexibility index (Phi) is 7.32. The van der Waals surface area contributed by atoms with Crippen LogP contribution in [0.3, 0.4) is 0 Å². The molecule has 0 bridgehead atoms. The summed E-state index contributed by atoms with van der Waals surface area (Å²) in [4.78, 5) is 41.3. The van der Waals surface area contributed by atoms with E-state index in [1.54, 1.807) is 42.7 Å². The summed E-state index contributed by atoms with van der Waals surface area (Å²) in [6.45, 7) is 2.52. The maximum atomic E-state index is 12.4. The van der Waals surface area contributed by atoms with Crippen molar-refractivity contribution in [1.29, 1.82) is 0 Å². The largest absolute Gasteiger partial charge is 0.489 e. The van der Waals surface area contributed by atoms with Crippen molar-refractivity contribution in [2.45, 2.75) is 58.2 Å². The molecule has 0 radical (unpaired) electrons. The molecule has 188 valence electrons. The topological polar surface area (TPSA) is 137 Å². The highest BCUT2D eigenvalue weighted by Crippen LogP contribution is 2.32. The van der Waals surface area contributed by atoms with Gasteiger partial charge in [-0.25, -0.2) is 19.3 Å². The van der Waals surface area contributed by atoms with E-state index in [2.05, 4.69) is 15.3 Å². The van der Waals surface area contributed by atoms with Crippen molar-refractivity contribution in [2.24, 2.45) is 18.9 Å². The van der Waals surface area contributed by atoms with Gasteiger partial charge in [0.1, 0.15) is 23.7 Å². The lowest BCUT2D eigenvalue weighted by molar-refractivity contribution is -0.151. The van der Waals surface area contributed by atoms with Gasteiger partial charge in [0.25, 0.3) is 0 Å². The first kappa shape index (κ1) is 24.6. The number of hydrogen-bond acceptors (Lipinski definition) is 8. The summed E-state index contributed by atoms with van der Waals surface area (Å²) in [6, 6.07) is 3.54. The molecular formula is C24H31N5O6. The lowest BCUT2D eigenvalue weighted by atomic mass is 9.85. The maximum absolute atomic E-state index is 12.4. The van der Waals surface area contributed by atoms with E-state index in [0.29, 0.717) is 60.3 Å². The van der Waals surface area contributed by atoms with Gasteiger partial charge in [-0.1, -0.05) is 11.6 Å². The Morgan fingerprint density at radius 2 is 1.97 bits per heavy atom. The number of pyridine rings is 1. The Hall–Kier alpha value is -3.50. The Labute approximate surface area is 203 Å². The molecule has 0 unspecified atom stereocenters. The van der Waals surface area contributed by atoms with Crippen LogP contribution in [0.25, 0.3) is 11.4 Å². The second-order valence-electron chi connectivity index (χ2n) is 9.44. The summed E-state index contributed by atoms with van der Waals surface area (Å²) in [5.41, 5.74) is 2.35. The number of carbonyl (C=O) groups is 3. The molecule has 2 aliphatic rings. The fraction of sp³-hybridized carbons (Fsp3) is 0.583. The molecule has 0 aliphatic heterocycles. The number of Topliss-reactive ketones (excluding diaryl/α,β-unsaturated/α-hetero) is 1. The monoisotopic (exact) mass is 485 g/mol. The third-order valence-corrected chi connectivity index (χ3v) is 6.88. The normalized spacial score (nSPS) is 19.7. The number of aliphatic carboxylic acids is 1. The fourth-order valence-corrected chi connectivity index (χ4v) is 4.56. The van der Waals surface area contributed by atoms with Crippen molar-refractivity contribution in [2.75, 3.05) is 13.6 Å². The molecule has 35 heavy (non-hydrogen) atoms. The quantitative estimate of drug-likeness (QED) is 0.532. The summed E-state index contributed by atoms with van der Waals surface area (Å²) >= 11 is 0. The zero-order valence-electron chi connectivity index (χ0n) is 20.3. The molecule has 0 spiro atoms. The van der Waals surface area contributed by atoms with E-state index < -0.39 is 17.7 Å². The molecule has 11 nitrogen and oxygen atoms in total. The highest BCUT2D eigenvalue weighted by atomic mass is 16.6. The number of carboxylic acids is 1. The molecule has 0 saturated heterocycles. The molecule has 2 atom stereocenters. The minimum absolute atomic E-state index is 0.0206. The number of ketones is 1. The lowest BCUT2D eigenvalue weighted by Crippen LogP contribution is -2.34. The number of carboxylic acid groups (broad SMARTS) is 1. The van der Waals surface area contributed by atoms with E-state index >= 15 is 0 Å². The van der Waals surface area contributed by atoms with Crippen molar-refractivity contribution >= 4 is 17.8 Å². The van der Waals surface area contributed by atoms with Gasteiger partial charge in [-0.2, -0.15) is 0 Å². The molecule has 2 aromatic heterocycles. The molecule has 2 aliphatic carbocycles. The summed E-state index contributed by atoms with van der Waals surface area (Å²) in [6.07, 6.45) is 4.39. The Bertz CT molecular complexity index is 1110. The minimum atomic E-state index is -1.40. The molecule has 2 heterocycles. The van der Waals surface area contributed by atoms with E-state index in [9.17, 15) is 14.4 Å². The van der Waals surface area contributed by atoms with Crippen LogP contribution in [0.1, 0.15) is 49.9 Å². The molecule has 0 aromatic carbocycles. The smallest absolute Gasteiger partial charge is 0.409 e. The number of aryl methyl sites for hydroxylation is 2. The third kappa shape index (κ3) is 5.60. The maximum Gasteiger partial charge on any atom is 0.409 e. The average Bonchev–Trinajstić information content (AvgIpc) is 3.41. The van der Waals surface area contributed by atoms with Crippen LogP contribution in [0.2, 0.25) is 0 Å². The average molecular weight is 486 g/mol. The van der Waals surface area contributed by atoms with Gasteiger partial charge in [0.05, 0.1) is 17.5 Å². The molecule has 1 N–H and O–H groups in total. The Morgan fingerprint density at radius 1 is 1.20 bits per heavy atom. The number of rotatable bonds is 9. The number of carbonyl (C=O) groups excluding carboxylic acids is 2. The van der Waals surface area contributed by atoms with Crippen LogP contribution in [-0.4, -0.2) is 67.5 Å². The first-order chi connectivity index (χ1) is 16.7. The van der Waals surface area contributed by atoms with Gasteiger partial charge in [0, 0.05) is 26.6 Å². The van der Waals surface area contributed by atoms with E-state index in [0.717, 1.165) is 12.8 Å². The van der Waals surface area contributed by atoms with Crippen molar-refractivity contribution in [3.05, 3.63) is 23.5 Å².